The molecule has 60 heavy (non-hydrogen) atoms. The number of nitrogens with zero attached hydrogens (tertiary/aromatic N) is 1. The molecule has 3 N–H and O–H groups in total. The summed E-state index contributed by atoms with van der Waals surface area (Å²) in [7, 11) is 1.59. The molecule has 1 amide bonds. The van der Waals surface area contributed by atoms with Crippen molar-refractivity contribution in [1.82, 2.24) is 5.32 Å². The highest BCUT2D eigenvalue weighted by molar-refractivity contribution is 7.47. The third-order valence-corrected chi connectivity index (χ3v) is 13.0. The average molecular weight is 872 g/mol. The SMILES string of the molecule is CCCCCCCCCCCCCCCCC/C=C/[C@@H](O)[C@H](COP(=O)(O)OCC[N+](C)(C)C)NC(=O)CCCCCCCCCCCCCCCCCCCCCCC. The number of aliphatic hydroxyl groups is 1. The van der Waals surface area contributed by atoms with Crippen molar-refractivity contribution in [3.05, 3.63) is 12.2 Å². The molecular weight excluding hydrogens is 768 g/mol. The molecule has 0 aromatic heterocycles. The fraction of sp³-hybridized carbons (Fsp3) is 0.941. The molecule has 0 saturated carbocycles. The number of phosphoric ester groups is 1. The smallest absolute Gasteiger partial charge is 0.387 e. The summed E-state index contributed by atoms with van der Waals surface area (Å²) in [6.45, 7) is 4.85. The van der Waals surface area contributed by atoms with Crippen LogP contribution in [-0.2, 0) is 18.4 Å². The maximum absolute atomic E-state index is 12.9. The molecule has 3 atom stereocenters. The van der Waals surface area contributed by atoms with Crippen LogP contribution in [0.3, 0.4) is 0 Å². The van der Waals surface area contributed by atoms with E-state index in [-0.39, 0.29) is 19.1 Å². The standard InChI is InChI=1S/C51H103N2O6P/c1-6-8-10-12-14-16-18-20-22-24-25-26-27-29-31-33-35-37-39-41-43-45-51(55)52-49(48-59-60(56,57)58-47-46-53(3,4)5)50(54)44-42-40-38-36-34-32-30-28-23-21-19-17-15-13-11-9-7-2/h42,44,49-50,54H,6-41,43,45-48H2,1-5H3,(H-,52,55,56,57)/p+1/b44-42+/t49-,50+/m0/s1. The maximum atomic E-state index is 12.9. The maximum Gasteiger partial charge on any atom is 0.472 e. The molecule has 0 fully saturated rings. The van der Waals surface area contributed by atoms with Gasteiger partial charge in [0.1, 0.15) is 13.2 Å². The van der Waals surface area contributed by atoms with Crippen molar-refractivity contribution in [2.24, 2.45) is 0 Å². The van der Waals surface area contributed by atoms with Crippen LogP contribution in [0.2, 0.25) is 0 Å². The molecular formula is C51H104N2O6P+. The van der Waals surface area contributed by atoms with E-state index < -0.39 is 20.0 Å². The van der Waals surface area contributed by atoms with Crippen LogP contribution < -0.4 is 5.32 Å². The van der Waals surface area contributed by atoms with Gasteiger partial charge in [-0.25, -0.2) is 4.57 Å². The van der Waals surface area contributed by atoms with Gasteiger partial charge in [-0.15, -0.1) is 0 Å². The lowest BCUT2D eigenvalue weighted by Gasteiger charge is -2.25. The highest BCUT2D eigenvalue weighted by Gasteiger charge is 2.27. The monoisotopic (exact) mass is 872 g/mol. The van der Waals surface area contributed by atoms with Crippen LogP contribution in [0.25, 0.3) is 0 Å². The van der Waals surface area contributed by atoms with Crippen molar-refractivity contribution < 1.29 is 32.9 Å². The Morgan fingerprint density at radius 3 is 1.23 bits per heavy atom. The van der Waals surface area contributed by atoms with Crippen molar-refractivity contribution in [3.63, 3.8) is 0 Å². The number of carbonyl (C=O) groups excluding carboxylic acids is 1. The minimum Gasteiger partial charge on any atom is -0.387 e. The van der Waals surface area contributed by atoms with Crippen LogP contribution in [0.5, 0.6) is 0 Å². The summed E-state index contributed by atoms with van der Waals surface area (Å²) in [5.74, 6) is -0.171. The summed E-state index contributed by atoms with van der Waals surface area (Å²) >= 11 is 0. The van der Waals surface area contributed by atoms with Gasteiger partial charge in [-0.3, -0.25) is 13.8 Å². The number of hydrogen-bond acceptors (Lipinski definition) is 5. The normalized spacial score (nSPS) is 14.2. The highest BCUT2D eigenvalue weighted by Crippen LogP contribution is 2.43. The number of likely N-dealkylation sites (N-methyl/N-ethyl adjacent to an activating group) is 1. The molecule has 0 aromatic carbocycles. The Labute approximate surface area is 373 Å². The zero-order valence-corrected chi connectivity index (χ0v) is 41.6. The zero-order chi connectivity index (χ0) is 44.3. The molecule has 0 spiro atoms. The lowest BCUT2D eigenvalue weighted by atomic mass is 10.0. The van der Waals surface area contributed by atoms with Gasteiger partial charge in [0.15, 0.2) is 0 Å². The molecule has 358 valence electrons. The summed E-state index contributed by atoms with van der Waals surface area (Å²) in [4.78, 5) is 23.2. The van der Waals surface area contributed by atoms with Crippen molar-refractivity contribution in [2.75, 3.05) is 40.9 Å². The summed E-state index contributed by atoms with van der Waals surface area (Å²) in [5.41, 5.74) is 0. The zero-order valence-electron chi connectivity index (χ0n) is 40.7. The fourth-order valence-electron chi connectivity index (χ4n) is 7.87. The van der Waals surface area contributed by atoms with Crippen LogP contribution >= 0.6 is 7.82 Å². The predicted octanol–water partition coefficient (Wildman–Crippen LogP) is 15.1. The number of amides is 1. The van der Waals surface area contributed by atoms with Gasteiger partial charge in [0.25, 0.3) is 0 Å². The van der Waals surface area contributed by atoms with E-state index in [0.717, 1.165) is 32.1 Å². The minimum atomic E-state index is -4.34. The number of rotatable bonds is 48. The first-order valence-electron chi connectivity index (χ1n) is 26.1. The third kappa shape index (κ3) is 45.3. The number of unbranched alkanes of at least 4 members (excludes halogenated alkanes) is 35. The first-order chi connectivity index (χ1) is 29.0. The van der Waals surface area contributed by atoms with Crippen LogP contribution in [0.1, 0.15) is 258 Å². The Balaban J connectivity index is 4.25. The molecule has 0 aliphatic heterocycles. The van der Waals surface area contributed by atoms with Gasteiger partial charge >= 0.3 is 7.82 Å². The molecule has 9 heteroatoms. The third-order valence-electron chi connectivity index (χ3n) is 12.0. The number of aliphatic hydroxyl groups excluding tert-OH is 1. The van der Waals surface area contributed by atoms with E-state index >= 15 is 0 Å². The van der Waals surface area contributed by atoms with E-state index in [1.54, 1.807) is 6.08 Å². The van der Waals surface area contributed by atoms with Crippen molar-refractivity contribution in [1.29, 1.82) is 0 Å². The second kappa shape index (κ2) is 43.5. The van der Waals surface area contributed by atoms with Gasteiger partial charge < -0.3 is 19.8 Å². The van der Waals surface area contributed by atoms with Gasteiger partial charge in [-0.05, 0) is 19.3 Å². The van der Waals surface area contributed by atoms with Gasteiger partial charge in [0, 0.05) is 6.42 Å². The molecule has 8 nitrogen and oxygen atoms in total. The Bertz CT molecular complexity index is 989. The molecule has 0 aliphatic carbocycles. The van der Waals surface area contributed by atoms with E-state index in [4.69, 9.17) is 9.05 Å². The lowest BCUT2D eigenvalue weighted by Crippen LogP contribution is -2.45. The van der Waals surface area contributed by atoms with Crippen LogP contribution in [0.4, 0.5) is 0 Å². The number of phosphoric acid groups is 1. The molecule has 0 aliphatic rings. The van der Waals surface area contributed by atoms with Crippen LogP contribution in [-0.4, -0.2) is 73.4 Å². The quantitative estimate of drug-likeness (QED) is 0.0243. The number of nitrogens with one attached hydrogen (secondary N) is 1. The minimum absolute atomic E-state index is 0.0650. The summed E-state index contributed by atoms with van der Waals surface area (Å²) in [6.07, 6.45) is 51.4. The predicted molar refractivity (Wildman–Crippen MR) is 259 cm³/mol. The van der Waals surface area contributed by atoms with Crippen molar-refractivity contribution in [2.45, 2.75) is 270 Å². The second-order valence-corrected chi connectivity index (χ2v) is 20.7. The van der Waals surface area contributed by atoms with E-state index in [9.17, 15) is 19.4 Å². The topological polar surface area (TPSA) is 105 Å². The highest BCUT2D eigenvalue weighted by atomic mass is 31.2. The Morgan fingerprint density at radius 1 is 0.550 bits per heavy atom. The summed E-state index contributed by atoms with van der Waals surface area (Å²) in [5, 5.41) is 13.9. The lowest BCUT2D eigenvalue weighted by molar-refractivity contribution is -0.870. The first kappa shape index (κ1) is 59.2. The summed E-state index contributed by atoms with van der Waals surface area (Å²) < 4.78 is 23.7. The van der Waals surface area contributed by atoms with E-state index in [1.807, 2.05) is 27.2 Å². The Kier molecular flexibility index (Phi) is 42.9. The molecule has 0 radical (unpaired) electrons. The molecule has 0 rings (SSSR count). The Morgan fingerprint density at radius 2 is 0.883 bits per heavy atom. The summed E-state index contributed by atoms with van der Waals surface area (Å²) in [6, 6.07) is -0.841. The van der Waals surface area contributed by atoms with E-state index in [2.05, 4.69) is 19.2 Å². The van der Waals surface area contributed by atoms with Crippen LogP contribution in [0, 0.1) is 0 Å². The van der Waals surface area contributed by atoms with Gasteiger partial charge in [0.2, 0.25) is 5.91 Å². The fourth-order valence-corrected chi connectivity index (χ4v) is 8.60. The first-order valence-corrected chi connectivity index (χ1v) is 27.6. The van der Waals surface area contributed by atoms with Gasteiger partial charge in [-0.2, -0.15) is 0 Å². The number of carbonyl (C=O) groups is 1. The second-order valence-electron chi connectivity index (χ2n) is 19.3. The van der Waals surface area contributed by atoms with Crippen molar-refractivity contribution in [3.8, 4) is 0 Å². The number of hydrogen-bond donors (Lipinski definition) is 3. The molecule has 1 unspecified atom stereocenters. The van der Waals surface area contributed by atoms with Gasteiger partial charge in [-0.1, -0.05) is 244 Å². The molecule has 0 aromatic rings. The Hall–Kier alpha value is -0.760. The van der Waals surface area contributed by atoms with E-state index in [0.29, 0.717) is 17.4 Å². The number of allylic oxidation sites excluding steroid dienone is 1. The van der Waals surface area contributed by atoms with Crippen molar-refractivity contribution >= 4 is 13.7 Å². The largest absolute Gasteiger partial charge is 0.472 e. The number of quaternary nitrogens is 1. The molecule has 0 saturated heterocycles. The van der Waals surface area contributed by atoms with E-state index in [1.165, 1.54) is 205 Å². The van der Waals surface area contributed by atoms with Gasteiger partial charge in [0.05, 0.1) is 39.9 Å². The van der Waals surface area contributed by atoms with Crippen LogP contribution in [0.15, 0.2) is 12.2 Å². The molecule has 0 heterocycles. The average Bonchev–Trinajstić information content (AvgIpc) is 3.20. The molecule has 0 bridgehead atoms.